The van der Waals surface area contributed by atoms with Crippen LogP contribution in [-0.2, 0) is 11.3 Å². The highest BCUT2D eigenvalue weighted by atomic mass is 32.2. The van der Waals surface area contributed by atoms with Crippen LogP contribution in [0.25, 0.3) is 0 Å². The normalized spacial score (nSPS) is 17.6. The van der Waals surface area contributed by atoms with Crippen molar-refractivity contribution in [3.05, 3.63) is 65.2 Å². The van der Waals surface area contributed by atoms with Crippen LogP contribution in [0.2, 0.25) is 0 Å². The third kappa shape index (κ3) is 5.35. The molecule has 3 nitrogen and oxygen atoms in total. The molecule has 2 aromatic carbocycles. The van der Waals surface area contributed by atoms with E-state index in [0.717, 1.165) is 31.0 Å². The van der Waals surface area contributed by atoms with Gasteiger partial charge in [0.25, 0.3) is 0 Å². The number of benzene rings is 2. The van der Waals surface area contributed by atoms with E-state index in [2.05, 4.69) is 66.5 Å². The summed E-state index contributed by atoms with van der Waals surface area (Å²) < 4.78 is 0. The van der Waals surface area contributed by atoms with Gasteiger partial charge in [0, 0.05) is 30.6 Å². The van der Waals surface area contributed by atoms with Crippen LogP contribution < -0.4 is 5.32 Å². The second-order valence-corrected chi connectivity index (χ2v) is 7.86. The van der Waals surface area contributed by atoms with Gasteiger partial charge < -0.3 is 5.32 Å². The molecule has 1 fully saturated rings. The predicted octanol–water partition coefficient (Wildman–Crippen LogP) is 3.79. The van der Waals surface area contributed by atoms with Gasteiger partial charge in [-0.2, -0.15) is 0 Å². The first-order valence-electron chi connectivity index (χ1n) is 8.86. The van der Waals surface area contributed by atoms with E-state index >= 15 is 0 Å². The van der Waals surface area contributed by atoms with E-state index in [9.17, 15) is 4.79 Å². The Labute approximate surface area is 154 Å². The van der Waals surface area contributed by atoms with Crippen molar-refractivity contribution in [2.24, 2.45) is 0 Å². The zero-order valence-corrected chi connectivity index (χ0v) is 15.8. The van der Waals surface area contributed by atoms with Crippen LogP contribution in [-0.4, -0.2) is 35.7 Å². The summed E-state index contributed by atoms with van der Waals surface area (Å²) in [5.74, 6) is 0.618. The molecule has 1 N–H and O–H groups in total. The number of hydrogen-bond donors (Lipinski definition) is 1. The maximum atomic E-state index is 12.2. The lowest BCUT2D eigenvalue weighted by atomic mass is 10.1. The first-order chi connectivity index (χ1) is 12.1. The van der Waals surface area contributed by atoms with Crippen LogP contribution in [0, 0.1) is 13.8 Å². The number of thioether (sulfide) groups is 1. The lowest BCUT2D eigenvalue weighted by molar-refractivity contribution is -0.119. The minimum atomic E-state index is 0.134. The van der Waals surface area contributed by atoms with Crippen molar-refractivity contribution in [1.82, 2.24) is 10.2 Å². The van der Waals surface area contributed by atoms with E-state index < -0.39 is 0 Å². The van der Waals surface area contributed by atoms with Gasteiger partial charge in [0.15, 0.2) is 0 Å². The summed E-state index contributed by atoms with van der Waals surface area (Å²) in [4.78, 5) is 15.8. The van der Waals surface area contributed by atoms with Gasteiger partial charge in [0.05, 0.1) is 5.75 Å². The molecule has 0 radical (unpaired) electrons. The molecule has 3 rings (SSSR count). The van der Waals surface area contributed by atoms with Crippen LogP contribution in [0.4, 0.5) is 0 Å². The van der Waals surface area contributed by atoms with Crippen molar-refractivity contribution in [2.45, 2.75) is 37.8 Å². The zero-order valence-electron chi connectivity index (χ0n) is 15.0. The molecule has 2 aromatic rings. The highest BCUT2D eigenvalue weighted by Crippen LogP contribution is 2.21. The smallest absolute Gasteiger partial charge is 0.230 e. The summed E-state index contributed by atoms with van der Waals surface area (Å²) in [7, 11) is 0. The average Bonchev–Trinajstić information content (AvgIpc) is 3.03. The molecule has 1 aliphatic rings. The molecule has 0 aliphatic carbocycles. The van der Waals surface area contributed by atoms with E-state index in [0.29, 0.717) is 5.75 Å². The summed E-state index contributed by atoms with van der Waals surface area (Å²) in [5, 5.41) is 3.19. The third-order valence-electron chi connectivity index (χ3n) is 4.73. The molecule has 1 atom stereocenters. The van der Waals surface area contributed by atoms with E-state index in [4.69, 9.17) is 0 Å². The molecule has 1 saturated heterocycles. The van der Waals surface area contributed by atoms with Gasteiger partial charge in [-0.1, -0.05) is 36.4 Å². The van der Waals surface area contributed by atoms with Gasteiger partial charge in [-0.05, 0) is 49.1 Å². The molecule has 0 spiro atoms. The molecule has 132 valence electrons. The molecule has 0 aromatic heterocycles. The Bertz CT molecular complexity index is 717. The number of aryl methyl sites for hydroxylation is 2. The number of likely N-dealkylation sites (tertiary alicyclic amines) is 1. The Morgan fingerprint density at radius 2 is 1.96 bits per heavy atom. The Morgan fingerprint density at radius 1 is 1.16 bits per heavy atom. The van der Waals surface area contributed by atoms with Gasteiger partial charge in [0.1, 0.15) is 0 Å². The Hall–Kier alpha value is -1.78. The summed E-state index contributed by atoms with van der Waals surface area (Å²) in [6, 6.07) is 17.2. The highest BCUT2D eigenvalue weighted by molar-refractivity contribution is 8.00. The maximum absolute atomic E-state index is 12.2. The minimum Gasteiger partial charge on any atom is -0.351 e. The molecular formula is C21H26N2OS. The molecule has 1 amide bonds. The number of hydrogen-bond acceptors (Lipinski definition) is 3. The standard InChI is InChI=1S/C21H26N2OS/c1-16-8-9-20(12-17(16)2)25-15-21(24)22-19-10-11-23(14-19)13-18-6-4-3-5-7-18/h3-9,12,19H,10-11,13-15H2,1-2H3,(H,22,24)/t19-/m1/s1. The lowest BCUT2D eigenvalue weighted by Crippen LogP contribution is -2.37. The molecule has 0 saturated carbocycles. The first kappa shape index (κ1) is 18.0. The van der Waals surface area contributed by atoms with Crippen molar-refractivity contribution in [1.29, 1.82) is 0 Å². The van der Waals surface area contributed by atoms with Gasteiger partial charge in [-0.3, -0.25) is 9.69 Å². The second-order valence-electron chi connectivity index (χ2n) is 6.81. The summed E-state index contributed by atoms with van der Waals surface area (Å²) in [5.41, 5.74) is 3.90. The van der Waals surface area contributed by atoms with Gasteiger partial charge in [-0.25, -0.2) is 0 Å². The molecule has 4 heteroatoms. The minimum absolute atomic E-state index is 0.134. The summed E-state index contributed by atoms with van der Waals surface area (Å²) in [6.45, 7) is 7.17. The molecule has 0 bridgehead atoms. The Balaban J connectivity index is 1.42. The number of amides is 1. The van der Waals surface area contributed by atoms with Crippen LogP contribution in [0.1, 0.15) is 23.1 Å². The third-order valence-corrected chi connectivity index (χ3v) is 5.73. The van der Waals surface area contributed by atoms with Crippen molar-refractivity contribution >= 4 is 17.7 Å². The van der Waals surface area contributed by atoms with Gasteiger partial charge in [0.2, 0.25) is 5.91 Å². The monoisotopic (exact) mass is 354 g/mol. The number of carbonyl (C=O) groups is 1. The number of rotatable bonds is 6. The fourth-order valence-corrected chi connectivity index (χ4v) is 3.96. The lowest BCUT2D eigenvalue weighted by Gasteiger charge is -2.16. The fourth-order valence-electron chi connectivity index (χ4n) is 3.16. The van der Waals surface area contributed by atoms with E-state index in [1.165, 1.54) is 16.7 Å². The van der Waals surface area contributed by atoms with Crippen LogP contribution >= 0.6 is 11.8 Å². The average molecular weight is 355 g/mol. The summed E-state index contributed by atoms with van der Waals surface area (Å²) >= 11 is 1.61. The van der Waals surface area contributed by atoms with Crippen LogP contribution in [0.15, 0.2) is 53.4 Å². The second kappa shape index (κ2) is 8.54. The number of nitrogens with zero attached hydrogens (tertiary/aromatic N) is 1. The van der Waals surface area contributed by atoms with Crippen LogP contribution in [0.5, 0.6) is 0 Å². The molecule has 0 unspecified atom stereocenters. The first-order valence-corrected chi connectivity index (χ1v) is 9.84. The molecular weight excluding hydrogens is 328 g/mol. The number of nitrogens with one attached hydrogen (secondary N) is 1. The predicted molar refractivity (Wildman–Crippen MR) is 105 cm³/mol. The van der Waals surface area contributed by atoms with Crippen molar-refractivity contribution in [3.63, 3.8) is 0 Å². The quantitative estimate of drug-likeness (QED) is 0.801. The zero-order chi connectivity index (χ0) is 17.6. The highest BCUT2D eigenvalue weighted by Gasteiger charge is 2.23. The molecule has 1 heterocycles. The largest absolute Gasteiger partial charge is 0.351 e. The molecule has 1 aliphatic heterocycles. The van der Waals surface area contributed by atoms with E-state index in [1.807, 2.05) is 6.07 Å². The summed E-state index contributed by atoms with van der Waals surface area (Å²) in [6.07, 6.45) is 1.03. The Morgan fingerprint density at radius 3 is 2.72 bits per heavy atom. The van der Waals surface area contributed by atoms with Crippen molar-refractivity contribution < 1.29 is 4.79 Å². The number of carbonyl (C=O) groups excluding carboxylic acids is 1. The van der Waals surface area contributed by atoms with Crippen molar-refractivity contribution in [2.75, 3.05) is 18.8 Å². The van der Waals surface area contributed by atoms with Crippen LogP contribution in [0.3, 0.4) is 0 Å². The fraction of sp³-hybridized carbons (Fsp3) is 0.381. The molecule has 25 heavy (non-hydrogen) atoms. The van der Waals surface area contributed by atoms with Gasteiger partial charge in [-0.15, -0.1) is 11.8 Å². The van der Waals surface area contributed by atoms with E-state index in [1.54, 1.807) is 11.8 Å². The topological polar surface area (TPSA) is 32.3 Å². The maximum Gasteiger partial charge on any atom is 0.230 e. The SMILES string of the molecule is Cc1ccc(SCC(=O)N[C@@H]2CCN(Cc3ccccc3)C2)cc1C. The van der Waals surface area contributed by atoms with Crippen molar-refractivity contribution in [3.8, 4) is 0 Å². The van der Waals surface area contributed by atoms with E-state index in [-0.39, 0.29) is 11.9 Å². The van der Waals surface area contributed by atoms with Gasteiger partial charge >= 0.3 is 0 Å². The Kier molecular flexibility index (Phi) is 6.16.